The third-order valence-electron chi connectivity index (χ3n) is 3.27. The Kier molecular flexibility index (Phi) is 7.71. The lowest BCUT2D eigenvalue weighted by molar-refractivity contribution is 0.158. The van der Waals surface area contributed by atoms with E-state index in [2.05, 4.69) is 18.8 Å². The highest BCUT2D eigenvalue weighted by Gasteiger charge is 2.05. The van der Waals surface area contributed by atoms with E-state index in [0.717, 1.165) is 19.4 Å². The maximum Gasteiger partial charge on any atom is 0.335 e. The van der Waals surface area contributed by atoms with Crippen LogP contribution in [0.3, 0.4) is 0 Å². The average Bonchev–Trinajstić information content (AvgIpc) is 2.47. The molecule has 1 unspecified atom stereocenters. The van der Waals surface area contributed by atoms with Gasteiger partial charge in [0.2, 0.25) is 0 Å². The summed E-state index contributed by atoms with van der Waals surface area (Å²) in [5.41, 5.74) is -0.675. The molecule has 2 N–H and O–H groups in total. The normalized spacial score (nSPS) is 12.3. The first kappa shape index (κ1) is 17.4. The maximum atomic E-state index is 11.9. The highest BCUT2D eigenvalue weighted by atomic mass is 16.3. The van der Waals surface area contributed by atoms with Gasteiger partial charge in [-0.3, -0.25) is 13.9 Å². The van der Waals surface area contributed by atoms with E-state index in [0.29, 0.717) is 25.9 Å². The van der Waals surface area contributed by atoms with Gasteiger partial charge in [0.1, 0.15) is 0 Å². The largest absolute Gasteiger partial charge is 0.392 e. The average molecular weight is 295 g/mol. The molecule has 1 aromatic heterocycles. The quantitative estimate of drug-likeness (QED) is 0.621. The molecule has 6 heteroatoms. The first-order valence-electron chi connectivity index (χ1n) is 7.43. The van der Waals surface area contributed by atoms with Gasteiger partial charge in [-0.05, 0) is 32.2 Å². The molecule has 0 fully saturated rings. The summed E-state index contributed by atoms with van der Waals surface area (Å²) in [6.45, 7) is 7.45. The van der Waals surface area contributed by atoms with Gasteiger partial charge in [-0.2, -0.15) is 0 Å². The summed E-state index contributed by atoms with van der Waals surface area (Å²) < 4.78 is 2.48. The molecule has 0 aliphatic rings. The second kappa shape index (κ2) is 9.31. The highest BCUT2D eigenvalue weighted by Crippen LogP contribution is 2.01. The fourth-order valence-corrected chi connectivity index (χ4v) is 2.07. The van der Waals surface area contributed by atoms with Gasteiger partial charge in [0, 0.05) is 31.6 Å². The minimum Gasteiger partial charge on any atom is -0.392 e. The molecular weight excluding hydrogens is 270 g/mol. The lowest BCUT2D eigenvalue weighted by Gasteiger charge is -2.11. The topological polar surface area (TPSA) is 76.3 Å². The summed E-state index contributed by atoms with van der Waals surface area (Å²) in [6, 6.07) is 1.35. The van der Waals surface area contributed by atoms with Crippen LogP contribution in [0.4, 0.5) is 0 Å². The fraction of sp³-hybridized carbons (Fsp3) is 0.600. The molecule has 118 valence electrons. The summed E-state index contributed by atoms with van der Waals surface area (Å²) in [5.74, 6) is 0. The number of hydrogen-bond donors (Lipinski definition) is 2. The molecule has 21 heavy (non-hydrogen) atoms. The van der Waals surface area contributed by atoms with Crippen molar-refractivity contribution in [1.82, 2.24) is 14.5 Å². The van der Waals surface area contributed by atoms with Crippen molar-refractivity contribution in [1.29, 1.82) is 0 Å². The van der Waals surface area contributed by atoms with E-state index in [1.54, 1.807) is 0 Å². The van der Waals surface area contributed by atoms with Gasteiger partial charge in [0.05, 0.1) is 6.10 Å². The molecule has 0 aliphatic carbocycles. The smallest absolute Gasteiger partial charge is 0.335 e. The second-order valence-electron chi connectivity index (χ2n) is 5.03. The molecular formula is C15H25N3O3. The Morgan fingerprint density at radius 3 is 2.86 bits per heavy atom. The first-order chi connectivity index (χ1) is 10.1. The number of aliphatic hydroxyl groups excluding tert-OH is 1. The summed E-state index contributed by atoms with van der Waals surface area (Å²) in [7, 11) is 0. The van der Waals surface area contributed by atoms with Crippen LogP contribution < -0.4 is 16.6 Å². The Labute approximate surface area is 124 Å². The van der Waals surface area contributed by atoms with Crippen LogP contribution in [0, 0.1) is 0 Å². The summed E-state index contributed by atoms with van der Waals surface area (Å²) >= 11 is 0. The second-order valence-corrected chi connectivity index (χ2v) is 5.03. The number of nitrogens with zero attached hydrogens (tertiary/aromatic N) is 2. The van der Waals surface area contributed by atoms with Crippen molar-refractivity contribution >= 4 is 6.20 Å². The van der Waals surface area contributed by atoms with Gasteiger partial charge < -0.3 is 10.4 Å². The third-order valence-corrected chi connectivity index (χ3v) is 3.27. The van der Waals surface area contributed by atoms with E-state index in [4.69, 9.17) is 0 Å². The van der Waals surface area contributed by atoms with E-state index < -0.39 is 0 Å². The SMILES string of the molecule is C=Cn1ccc(=O)n(CCCCC(O)CNCCC)c1=O. The van der Waals surface area contributed by atoms with Crippen molar-refractivity contribution in [3.63, 3.8) is 0 Å². The summed E-state index contributed by atoms with van der Waals surface area (Å²) in [5, 5.41) is 12.9. The molecule has 0 amide bonds. The van der Waals surface area contributed by atoms with Crippen LogP contribution in [0.15, 0.2) is 28.4 Å². The third kappa shape index (κ3) is 5.69. The Hall–Kier alpha value is -1.66. The molecule has 0 saturated heterocycles. The molecule has 0 bridgehead atoms. The molecule has 0 aliphatic heterocycles. The van der Waals surface area contributed by atoms with E-state index in [-0.39, 0.29) is 17.4 Å². The molecule has 0 radical (unpaired) electrons. The van der Waals surface area contributed by atoms with Crippen molar-refractivity contribution in [3.8, 4) is 0 Å². The number of nitrogens with one attached hydrogen (secondary N) is 1. The lowest BCUT2D eigenvalue weighted by Crippen LogP contribution is -2.37. The number of unbranched alkanes of at least 4 members (excludes halogenated alkanes) is 1. The Bertz CT molecular complexity index is 548. The van der Waals surface area contributed by atoms with Gasteiger partial charge in [-0.25, -0.2) is 4.79 Å². The number of aromatic nitrogens is 2. The zero-order valence-electron chi connectivity index (χ0n) is 12.6. The van der Waals surface area contributed by atoms with Gasteiger partial charge in [-0.1, -0.05) is 13.5 Å². The van der Waals surface area contributed by atoms with E-state index >= 15 is 0 Å². The first-order valence-corrected chi connectivity index (χ1v) is 7.43. The lowest BCUT2D eigenvalue weighted by atomic mass is 10.1. The van der Waals surface area contributed by atoms with Gasteiger partial charge in [0.15, 0.2) is 0 Å². The van der Waals surface area contributed by atoms with Crippen molar-refractivity contribution < 1.29 is 5.11 Å². The number of aliphatic hydroxyl groups is 1. The van der Waals surface area contributed by atoms with Crippen molar-refractivity contribution in [2.75, 3.05) is 13.1 Å². The van der Waals surface area contributed by atoms with E-state index in [1.165, 1.54) is 27.6 Å². The molecule has 1 aromatic rings. The van der Waals surface area contributed by atoms with Crippen LogP contribution in [0.1, 0.15) is 32.6 Å². The molecule has 1 atom stereocenters. The predicted octanol–water partition coefficient (Wildman–Crippen LogP) is 0.641. The van der Waals surface area contributed by atoms with E-state index in [9.17, 15) is 14.7 Å². The van der Waals surface area contributed by atoms with Crippen molar-refractivity contribution in [2.24, 2.45) is 0 Å². The van der Waals surface area contributed by atoms with Crippen LogP contribution in [-0.2, 0) is 6.54 Å². The molecule has 1 heterocycles. The minimum atomic E-state index is -0.381. The van der Waals surface area contributed by atoms with Crippen LogP contribution in [0.2, 0.25) is 0 Å². The van der Waals surface area contributed by atoms with Crippen LogP contribution in [0.25, 0.3) is 6.20 Å². The van der Waals surface area contributed by atoms with Crippen LogP contribution in [-0.4, -0.2) is 33.4 Å². The molecule has 1 rings (SSSR count). The summed E-state index contributed by atoms with van der Waals surface area (Å²) in [4.78, 5) is 23.6. The van der Waals surface area contributed by atoms with Gasteiger partial charge >= 0.3 is 5.69 Å². The van der Waals surface area contributed by atoms with Crippen molar-refractivity contribution in [3.05, 3.63) is 39.7 Å². The van der Waals surface area contributed by atoms with Gasteiger partial charge in [-0.15, -0.1) is 0 Å². The Balaban J connectivity index is 2.41. The monoisotopic (exact) mass is 295 g/mol. The summed E-state index contributed by atoms with van der Waals surface area (Å²) in [6.07, 6.45) is 5.56. The minimum absolute atomic E-state index is 0.303. The zero-order valence-corrected chi connectivity index (χ0v) is 12.6. The highest BCUT2D eigenvalue weighted by molar-refractivity contribution is 5.15. The van der Waals surface area contributed by atoms with Crippen LogP contribution >= 0.6 is 0 Å². The molecule has 6 nitrogen and oxygen atoms in total. The Morgan fingerprint density at radius 2 is 2.19 bits per heavy atom. The standard InChI is InChI=1S/C15H25N3O3/c1-3-9-16-12-13(19)7-5-6-10-18-14(20)8-11-17(4-2)15(18)21/h4,8,11,13,16,19H,2-3,5-7,9-10,12H2,1H3. The maximum absolute atomic E-state index is 11.9. The van der Waals surface area contributed by atoms with Crippen LogP contribution in [0.5, 0.6) is 0 Å². The van der Waals surface area contributed by atoms with Gasteiger partial charge in [0.25, 0.3) is 5.56 Å². The van der Waals surface area contributed by atoms with Crippen molar-refractivity contribution in [2.45, 2.75) is 45.3 Å². The predicted molar refractivity (Wildman–Crippen MR) is 84.4 cm³/mol. The molecule has 0 spiro atoms. The Morgan fingerprint density at radius 1 is 1.43 bits per heavy atom. The zero-order chi connectivity index (χ0) is 15.7. The fourth-order valence-electron chi connectivity index (χ4n) is 2.07. The van der Waals surface area contributed by atoms with E-state index in [1.807, 2.05) is 0 Å². The molecule has 0 saturated carbocycles. The number of hydrogen-bond acceptors (Lipinski definition) is 4. The number of rotatable bonds is 10. The molecule has 0 aromatic carbocycles.